The van der Waals surface area contributed by atoms with Crippen molar-refractivity contribution in [1.82, 2.24) is 4.57 Å². The Kier molecular flexibility index (Phi) is 3.52. The van der Waals surface area contributed by atoms with E-state index in [-0.39, 0.29) is 12.1 Å². The number of rotatable bonds is 2. The molecular weight excluding hydrogens is 206 g/mol. The molecule has 0 aliphatic carbocycles. The highest BCUT2D eigenvalue weighted by atomic mass is 16.6. The second-order valence-electron chi connectivity index (χ2n) is 4.71. The number of nitrogens with zero attached hydrogens (tertiary/aromatic N) is 1. The van der Waals surface area contributed by atoms with Crippen molar-refractivity contribution in [2.24, 2.45) is 0 Å². The summed E-state index contributed by atoms with van der Waals surface area (Å²) in [6, 6.07) is 3.45. The molecule has 1 aromatic heterocycles. The monoisotopic (exact) mass is 223 g/mol. The Bertz CT molecular complexity index is 440. The fourth-order valence-electron chi connectivity index (χ4n) is 1.29. The van der Waals surface area contributed by atoms with Crippen molar-refractivity contribution in [2.75, 3.05) is 0 Å². The third-order valence-corrected chi connectivity index (χ3v) is 1.93. The van der Waals surface area contributed by atoms with Crippen molar-refractivity contribution in [2.45, 2.75) is 39.8 Å². The van der Waals surface area contributed by atoms with Crippen LogP contribution >= 0.6 is 0 Å². The number of ether oxygens (including phenoxy) is 1. The van der Waals surface area contributed by atoms with Crippen LogP contribution in [0.2, 0.25) is 0 Å². The highest BCUT2D eigenvalue weighted by Gasteiger charge is 2.16. The summed E-state index contributed by atoms with van der Waals surface area (Å²) >= 11 is 0. The van der Waals surface area contributed by atoms with Gasteiger partial charge in [-0.05, 0) is 33.8 Å². The smallest absolute Gasteiger partial charge is 0.326 e. The zero-order valence-electron chi connectivity index (χ0n) is 10.1. The van der Waals surface area contributed by atoms with Crippen LogP contribution in [0.25, 0.3) is 0 Å². The van der Waals surface area contributed by atoms with Crippen LogP contribution in [-0.4, -0.2) is 16.1 Å². The molecule has 4 heteroatoms. The van der Waals surface area contributed by atoms with Crippen molar-refractivity contribution >= 4 is 5.97 Å². The van der Waals surface area contributed by atoms with E-state index >= 15 is 0 Å². The van der Waals surface area contributed by atoms with E-state index in [9.17, 15) is 9.59 Å². The van der Waals surface area contributed by atoms with Gasteiger partial charge in [0.25, 0.3) is 5.56 Å². The Morgan fingerprint density at radius 1 is 1.44 bits per heavy atom. The molecule has 0 fully saturated rings. The Labute approximate surface area is 94.9 Å². The Hall–Kier alpha value is -1.58. The molecule has 0 N–H and O–H groups in total. The zero-order chi connectivity index (χ0) is 12.3. The Morgan fingerprint density at radius 2 is 2.06 bits per heavy atom. The molecule has 0 atom stereocenters. The van der Waals surface area contributed by atoms with Crippen molar-refractivity contribution in [3.05, 3.63) is 34.2 Å². The number of hydrogen-bond acceptors (Lipinski definition) is 3. The maximum absolute atomic E-state index is 11.6. The molecule has 0 bridgehead atoms. The van der Waals surface area contributed by atoms with Gasteiger partial charge in [-0.15, -0.1) is 0 Å². The van der Waals surface area contributed by atoms with E-state index in [1.165, 1.54) is 4.57 Å². The van der Waals surface area contributed by atoms with Crippen molar-refractivity contribution < 1.29 is 9.53 Å². The van der Waals surface area contributed by atoms with Crippen LogP contribution in [0.1, 0.15) is 26.3 Å². The van der Waals surface area contributed by atoms with Gasteiger partial charge in [-0.25, -0.2) is 0 Å². The van der Waals surface area contributed by atoms with Gasteiger partial charge in [-0.3, -0.25) is 9.59 Å². The zero-order valence-corrected chi connectivity index (χ0v) is 10.1. The van der Waals surface area contributed by atoms with Gasteiger partial charge in [0, 0.05) is 11.8 Å². The van der Waals surface area contributed by atoms with E-state index in [4.69, 9.17) is 4.74 Å². The van der Waals surface area contributed by atoms with Crippen LogP contribution in [0.5, 0.6) is 0 Å². The van der Waals surface area contributed by atoms with Crippen molar-refractivity contribution in [1.29, 1.82) is 0 Å². The molecule has 0 amide bonds. The third kappa shape index (κ3) is 3.53. The SMILES string of the molecule is Cc1cccn(CC(=O)OC(C)(C)C)c1=O. The summed E-state index contributed by atoms with van der Waals surface area (Å²) in [4.78, 5) is 23.1. The molecule has 0 unspecified atom stereocenters. The van der Waals surface area contributed by atoms with Gasteiger partial charge in [0.05, 0.1) is 0 Å². The van der Waals surface area contributed by atoms with Crippen LogP contribution in [0.15, 0.2) is 23.1 Å². The van der Waals surface area contributed by atoms with E-state index < -0.39 is 11.6 Å². The normalized spacial score (nSPS) is 11.2. The first kappa shape index (κ1) is 12.5. The minimum Gasteiger partial charge on any atom is -0.459 e. The fourth-order valence-corrected chi connectivity index (χ4v) is 1.29. The summed E-state index contributed by atoms with van der Waals surface area (Å²) in [6.45, 7) is 7.06. The van der Waals surface area contributed by atoms with E-state index in [0.717, 1.165) is 0 Å². The predicted octanol–water partition coefficient (Wildman–Crippen LogP) is 1.50. The number of aryl methyl sites for hydroxylation is 1. The number of hydrogen-bond donors (Lipinski definition) is 0. The maximum atomic E-state index is 11.6. The van der Waals surface area contributed by atoms with Gasteiger partial charge in [-0.2, -0.15) is 0 Å². The van der Waals surface area contributed by atoms with Crippen LogP contribution in [0, 0.1) is 6.92 Å². The molecule has 0 aliphatic rings. The van der Waals surface area contributed by atoms with Gasteiger partial charge in [0.2, 0.25) is 0 Å². The molecule has 1 aromatic rings. The molecule has 88 valence electrons. The van der Waals surface area contributed by atoms with E-state index in [0.29, 0.717) is 5.56 Å². The predicted molar refractivity (Wildman–Crippen MR) is 61.3 cm³/mol. The van der Waals surface area contributed by atoms with Crippen LogP contribution < -0.4 is 5.56 Å². The molecule has 0 aliphatic heterocycles. The minimum atomic E-state index is -0.523. The first-order valence-electron chi connectivity index (χ1n) is 5.17. The molecule has 1 rings (SSSR count). The van der Waals surface area contributed by atoms with Crippen molar-refractivity contribution in [3.8, 4) is 0 Å². The lowest BCUT2D eigenvalue weighted by molar-refractivity contribution is -0.155. The number of carbonyl (C=O) groups is 1. The number of aromatic nitrogens is 1. The molecule has 0 radical (unpaired) electrons. The van der Waals surface area contributed by atoms with Crippen molar-refractivity contribution in [3.63, 3.8) is 0 Å². The van der Waals surface area contributed by atoms with Crippen LogP contribution in [0.3, 0.4) is 0 Å². The Morgan fingerprint density at radius 3 is 2.62 bits per heavy atom. The summed E-state index contributed by atoms with van der Waals surface area (Å²) in [5.74, 6) is -0.403. The minimum absolute atomic E-state index is 0.0439. The van der Waals surface area contributed by atoms with Crippen LogP contribution in [0.4, 0.5) is 0 Å². The second kappa shape index (κ2) is 4.51. The highest BCUT2D eigenvalue weighted by Crippen LogP contribution is 2.07. The molecule has 4 nitrogen and oxygen atoms in total. The quantitative estimate of drug-likeness (QED) is 0.714. The Balaban J connectivity index is 2.78. The third-order valence-electron chi connectivity index (χ3n) is 1.93. The standard InChI is InChI=1S/C12H17NO3/c1-9-6-5-7-13(11(9)15)8-10(14)16-12(2,3)4/h5-7H,8H2,1-4H3. The van der Waals surface area contributed by atoms with Gasteiger partial charge in [0.1, 0.15) is 12.1 Å². The van der Waals surface area contributed by atoms with Gasteiger partial charge >= 0.3 is 5.97 Å². The first-order chi connectivity index (χ1) is 7.29. The summed E-state index contributed by atoms with van der Waals surface area (Å²) in [7, 11) is 0. The van der Waals surface area contributed by atoms with Crippen LogP contribution in [-0.2, 0) is 16.1 Å². The molecule has 1 heterocycles. The largest absolute Gasteiger partial charge is 0.459 e. The molecule has 16 heavy (non-hydrogen) atoms. The first-order valence-corrected chi connectivity index (χ1v) is 5.17. The lowest BCUT2D eigenvalue weighted by atomic mass is 10.2. The topological polar surface area (TPSA) is 48.3 Å². The average molecular weight is 223 g/mol. The summed E-state index contributed by atoms with van der Waals surface area (Å²) in [5, 5.41) is 0. The molecule has 0 saturated heterocycles. The summed E-state index contributed by atoms with van der Waals surface area (Å²) in [5.41, 5.74) is -0.0655. The maximum Gasteiger partial charge on any atom is 0.326 e. The summed E-state index contributed by atoms with van der Waals surface area (Å²) < 4.78 is 6.49. The molecular formula is C12H17NO3. The lowest BCUT2D eigenvalue weighted by Crippen LogP contribution is -2.30. The fraction of sp³-hybridized carbons (Fsp3) is 0.500. The number of esters is 1. The number of carbonyl (C=O) groups excluding carboxylic acids is 1. The molecule has 0 spiro atoms. The van der Waals surface area contributed by atoms with E-state index in [2.05, 4.69) is 0 Å². The molecule has 0 aromatic carbocycles. The van der Waals surface area contributed by atoms with Gasteiger partial charge < -0.3 is 9.30 Å². The van der Waals surface area contributed by atoms with E-state index in [1.807, 2.05) is 0 Å². The van der Waals surface area contributed by atoms with E-state index in [1.54, 1.807) is 46.0 Å². The van der Waals surface area contributed by atoms with Gasteiger partial charge in [0.15, 0.2) is 0 Å². The highest BCUT2D eigenvalue weighted by molar-refractivity contribution is 5.69. The second-order valence-corrected chi connectivity index (χ2v) is 4.71. The average Bonchev–Trinajstić information content (AvgIpc) is 2.09. The van der Waals surface area contributed by atoms with Gasteiger partial charge in [-0.1, -0.05) is 6.07 Å². The molecule has 0 saturated carbocycles. The number of pyridine rings is 1. The lowest BCUT2D eigenvalue weighted by Gasteiger charge is -2.19. The summed E-state index contributed by atoms with van der Waals surface area (Å²) in [6.07, 6.45) is 1.58.